The Morgan fingerprint density at radius 3 is 2.18 bits per heavy atom. The van der Waals surface area contributed by atoms with E-state index in [-0.39, 0.29) is 35.6 Å². The molecule has 3 fully saturated rings. The molecule has 3 aliphatic rings. The van der Waals surface area contributed by atoms with Gasteiger partial charge in [0.1, 0.15) is 6.04 Å². The smallest absolute Gasteiger partial charge is 0.251 e. The van der Waals surface area contributed by atoms with Gasteiger partial charge in [-0.1, -0.05) is 17.7 Å². The van der Waals surface area contributed by atoms with Crippen molar-refractivity contribution in [1.29, 1.82) is 0 Å². The van der Waals surface area contributed by atoms with Gasteiger partial charge in [0.05, 0.1) is 0 Å². The largest absolute Gasteiger partial charge is 0.352 e. The SMILES string of the molecule is Cc1ccc(C(=O)N[C@H](C(=O)NC2CC2)C2CCN(C(=O)C3CC3)CC2)cc1. The lowest BCUT2D eigenvalue weighted by Gasteiger charge is -2.36. The van der Waals surface area contributed by atoms with E-state index in [9.17, 15) is 14.4 Å². The maximum absolute atomic E-state index is 12.8. The first-order valence-corrected chi connectivity index (χ1v) is 10.5. The molecule has 1 aliphatic heterocycles. The first-order valence-electron chi connectivity index (χ1n) is 10.5. The van der Waals surface area contributed by atoms with Crippen molar-refractivity contribution in [2.24, 2.45) is 11.8 Å². The number of piperidine rings is 1. The predicted molar refractivity (Wildman–Crippen MR) is 106 cm³/mol. The molecule has 2 saturated carbocycles. The summed E-state index contributed by atoms with van der Waals surface area (Å²) in [4.78, 5) is 39.8. The van der Waals surface area contributed by atoms with E-state index in [1.807, 2.05) is 24.0 Å². The van der Waals surface area contributed by atoms with E-state index in [0.29, 0.717) is 18.7 Å². The Kier molecular flexibility index (Phi) is 5.38. The van der Waals surface area contributed by atoms with Crippen LogP contribution in [0.2, 0.25) is 0 Å². The topological polar surface area (TPSA) is 78.5 Å². The molecule has 2 N–H and O–H groups in total. The van der Waals surface area contributed by atoms with Gasteiger partial charge >= 0.3 is 0 Å². The summed E-state index contributed by atoms with van der Waals surface area (Å²) in [5.74, 6) is 0.242. The van der Waals surface area contributed by atoms with Crippen LogP contribution in [0, 0.1) is 18.8 Å². The Labute approximate surface area is 166 Å². The van der Waals surface area contributed by atoms with Gasteiger partial charge in [-0.2, -0.15) is 0 Å². The number of hydrogen-bond acceptors (Lipinski definition) is 3. The monoisotopic (exact) mass is 383 g/mol. The Morgan fingerprint density at radius 2 is 1.61 bits per heavy atom. The van der Waals surface area contributed by atoms with E-state index in [2.05, 4.69) is 10.6 Å². The molecule has 0 radical (unpaired) electrons. The number of benzene rings is 1. The quantitative estimate of drug-likeness (QED) is 0.789. The average molecular weight is 383 g/mol. The number of carbonyl (C=O) groups excluding carboxylic acids is 3. The molecule has 150 valence electrons. The number of rotatable bonds is 6. The van der Waals surface area contributed by atoms with Gasteiger partial charge < -0.3 is 15.5 Å². The molecule has 0 bridgehead atoms. The van der Waals surface area contributed by atoms with Crippen LogP contribution < -0.4 is 10.6 Å². The lowest BCUT2D eigenvalue weighted by Crippen LogP contribution is -2.54. The molecular weight excluding hydrogens is 354 g/mol. The molecule has 0 unspecified atom stereocenters. The number of likely N-dealkylation sites (tertiary alicyclic amines) is 1. The van der Waals surface area contributed by atoms with Crippen molar-refractivity contribution in [3.63, 3.8) is 0 Å². The first kappa shape index (κ1) is 19.0. The summed E-state index contributed by atoms with van der Waals surface area (Å²) in [6, 6.07) is 7.08. The van der Waals surface area contributed by atoms with Crippen molar-refractivity contribution >= 4 is 17.7 Å². The summed E-state index contributed by atoms with van der Waals surface area (Å²) in [7, 11) is 0. The maximum atomic E-state index is 12.8. The van der Waals surface area contributed by atoms with Crippen LogP contribution in [-0.4, -0.2) is 47.8 Å². The zero-order chi connectivity index (χ0) is 19.7. The molecule has 6 heteroatoms. The van der Waals surface area contributed by atoms with Gasteiger partial charge in [-0.3, -0.25) is 14.4 Å². The minimum absolute atomic E-state index is 0.0522. The van der Waals surface area contributed by atoms with Crippen molar-refractivity contribution in [1.82, 2.24) is 15.5 Å². The molecule has 0 aromatic heterocycles. The summed E-state index contributed by atoms with van der Waals surface area (Å²) in [5.41, 5.74) is 1.66. The number of hydrogen-bond donors (Lipinski definition) is 2. The summed E-state index contributed by atoms with van der Waals surface area (Å²) in [5, 5.41) is 6.03. The molecule has 1 saturated heterocycles. The molecule has 1 heterocycles. The third-order valence-electron chi connectivity index (χ3n) is 6.06. The minimum atomic E-state index is -0.549. The van der Waals surface area contributed by atoms with Crippen molar-refractivity contribution in [3.8, 4) is 0 Å². The fourth-order valence-electron chi connectivity index (χ4n) is 3.89. The first-order chi connectivity index (χ1) is 13.5. The fraction of sp³-hybridized carbons (Fsp3) is 0.591. The summed E-state index contributed by atoms with van der Waals surface area (Å²) in [6.07, 6.45) is 5.54. The number of nitrogens with zero attached hydrogens (tertiary/aromatic N) is 1. The number of aryl methyl sites for hydroxylation is 1. The van der Waals surface area contributed by atoms with Gasteiger partial charge in [0, 0.05) is 30.6 Å². The second-order valence-corrected chi connectivity index (χ2v) is 8.54. The molecule has 1 atom stereocenters. The Hall–Kier alpha value is -2.37. The highest BCUT2D eigenvalue weighted by atomic mass is 16.2. The predicted octanol–water partition coefficient (Wildman–Crippen LogP) is 2.02. The molecule has 1 aromatic carbocycles. The normalized spacial score (nSPS) is 21.1. The van der Waals surface area contributed by atoms with Crippen molar-refractivity contribution < 1.29 is 14.4 Å². The molecule has 0 spiro atoms. The summed E-state index contributed by atoms with van der Waals surface area (Å²) < 4.78 is 0. The second-order valence-electron chi connectivity index (χ2n) is 8.54. The van der Waals surface area contributed by atoms with Gasteiger partial charge in [-0.25, -0.2) is 0 Å². The Morgan fingerprint density at radius 1 is 0.964 bits per heavy atom. The molecular formula is C22H29N3O3. The van der Waals surface area contributed by atoms with E-state index in [0.717, 1.165) is 44.1 Å². The van der Waals surface area contributed by atoms with Crippen LogP contribution in [0.5, 0.6) is 0 Å². The lowest BCUT2D eigenvalue weighted by atomic mass is 9.88. The Balaban J connectivity index is 1.41. The van der Waals surface area contributed by atoms with Gasteiger partial charge in [0.2, 0.25) is 11.8 Å². The van der Waals surface area contributed by atoms with Crippen LogP contribution in [0.1, 0.15) is 54.4 Å². The molecule has 6 nitrogen and oxygen atoms in total. The molecule has 2 aliphatic carbocycles. The number of amides is 3. The summed E-state index contributed by atoms with van der Waals surface area (Å²) >= 11 is 0. The van der Waals surface area contributed by atoms with Crippen molar-refractivity contribution in [2.45, 2.75) is 57.5 Å². The number of carbonyl (C=O) groups is 3. The van der Waals surface area contributed by atoms with Crippen LogP contribution in [-0.2, 0) is 9.59 Å². The maximum Gasteiger partial charge on any atom is 0.251 e. The van der Waals surface area contributed by atoms with Crippen LogP contribution in [0.3, 0.4) is 0 Å². The van der Waals surface area contributed by atoms with Crippen molar-refractivity contribution in [3.05, 3.63) is 35.4 Å². The van der Waals surface area contributed by atoms with E-state index >= 15 is 0 Å². The highest BCUT2D eigenvalue weighted by Crippen LogP contribution is 2.33. The van der Waals surface area contributed by atoms with Crippen LogP contribution in [0.4, 0.5) is 0 Å². The van der Waals surface area contributed by atoms with E-state index in [1.54, 1.807) is 12.1 Å². The molecule has 1 aromatic rings. The Bertz CT molecular complexity index is 745. The lowest BCUT2D eigenvalue weighted by molar-refractivity contribution is -0.134. The third kappa shape index (κ3) is 4.54. The minimum Gasteiger partial charge on any atom is -0.352 e. The van der Waals surface area contributed by atoms with E-state index < -0.39 is 6.04 Å². The van der Waals surface area contributed by atoms with Crippen molar-refractivity contribution in [2.75, 3.05) is 13.1 Å². The molecule has 28 heavy (non-hydrogen) atoms. The third-order valence-corrected chi connectivity index (χ3v) is 6.06. The standard InChI is InChI=1S/C22H29N3O3/c1-14-2-4-16(5-3-14)20(26)24-19(21(27)23-18-8-9-18)15-10-12-25(13-11-15)22(28)17-6-7-17/h2-5,15,17-19H,6-13H2,1H3,(H,23,27)(H,24,26)/t19-/m0/s1. The van der Waals surface area contributed by atoms with Crippen LogP contribution in [0.25, 0.3) is 0 Å². The summed E-state index contributed by atoms with van der Waals surface area (Å²) in [6.45, 7) is 3.32. The van der Waals surface area contributed by atoms with Gasteiger partial charge in [0.15, 0.2) is 0 Å². The highest BCUT2D eigenvalue weighted by molar-refractivity contribution is 5.97. The fourth-order valence-corrected chi connectivity index (χ4v) is 3.89. The molecule has 4 rings (SSSR count). The van der Waals surface area contributed by atoms with Gasteiger partial charge in [0.25, 0.3) is 5.91 Å². The second kappa shape index (κ2) is 7.94. The molecule has 3 amide bonds. The highest BCUT2D eigenvalue weighted by Gasteiger charge is 2.39. The zero-order valence-corrected chi connectivity index (χ0v) is 16.4. The van der Waals surface area contributed by atoms with Gasteiger partial charge in [-0.15, -0.1) is 0 Å². The van der Waals surface area contributed by atoms with E-state index in [1.165, 1.54) is 0 Å². The number of nitrogens with one attached hydrogen (secondary N) is 2. The average Bonchev–Trinajstić information content (AvgIpc) is 3.60. The van der Waals surface area contributed by atoms with Crippen LogP contribution >= 0.6 is 0 Å². The van der Waals surface area contributed by atoms with Crippen LogP contribution in [0.15, 0.2) is 24.3 Å². The van der Waals surface area contributed by atoms with Gasteiger partial charge in [-0.05, 0) is 63.5 Å². The zero-order valence-electron chi connectivity index (χ0n) is 16.4. The van der Waals surface area contributed by atoms with E-state index in [4.69, 9.17) is 0 Å².